The van der Waals surface area contributed by atoms with Gasteiger partial charge in [0.05, 0.1) is 6.10 Å². The Kier molecular flexibility index (Phi) is 7.78. The van der Waals surface area contributed by atoms with Crippen LogP contribution in [0.5, 0.6) is 5.75 Å². The van der Waals surface area contributed by atoms with E-state index in [0.29, 0.717) is 17.0 Å². The van der Waals surface area contributed by atoms with Gasteiger partial charge in [0.25, 0.3) is 0 Å². The van der Waals surface area contributed by atoms with Crippen LogP contribution in [-0.4, -0.2) is 47.2 Å². The number of hydrogen-bond acceptors (Lipinski definition) is 5. The lowest BCUT2D eigenvalue weighted by Gasteiger charge is -2.23. The standard InChI is InChI=1S/C20H28N2O3S/c1-15(11-12-22(2)17-7-5-4-6-8-17)21-14-19(24)16-9-10-18(23)20(13-16)26(3)25/h4-10,13,15,19,21,23-24H,11-12,14H2,1-3H3. The molecule has 0 bridgehead atoms. The molecule has 0 aromatic heterocycles. The molecule has 0 radical (unpaired) electrons. The van der Waals surface area contributed by atoms with Gasteiger partial charge in [-0.25, -0.2) is 0 Å². The number of phenols is 1. The van der Waals surface area contributed by atoms with Crippen molar-refractivity contribution in [2.24, 2.45) is 0 Å². The topological polar surface area (TPSA) is 78.8 Å². The van der Waals surface area contributed by atoms with Crippen LogP contribution >= 0.6 is 0 Å². The van der Waals surface area contributed by atoms with Gasteiger partial charge >= 0.3 is 0 Å². The maximum atomic E-state index is 11.6. The number of phenolic OH excluding ortho intramolecular Hbond substituents is 1. The highest BCUT2D eigenvalue weighted by Gasteiger charge is 2.16. The van der Waals surface area contributed by atoms with Gasteiger partial charge in [-0.2, -0.15) is 0 Å². The maximum Gasteiger partial charge on any atom is 0.194 e. The Morgan fingerprint density at radius 1 is 1.19 bits per heavy atom. The van der Waals surface area contributed by atoms with E-state index in [4.69, 9.17) is 0 Å². The van der Waals surface area contributed by atoms with E-state index < -0.39 is 17.3 Å². The quantitative estimate of drug-likeness (QED) is 0.587. The van der Waals surface area contributed by atoms with Crippen molar-refractivity contribution in [1.82, 2.24) is 5.32 Å². The lowest BCUT2D eigenvalue weighted by atomic mass is 10.1. The molecule has 3 unspecified atom stereocenters. The number of aliphatic hydroxyl groups excluding tert-OH is 1. The monoisotopic (exact) mass is 376 g/mol. The molecule has 2 aromatic rings. The summed E-state index contributed by atoms with van der Waals surface area (Å²) in [5, 5.41) is 23.4. The molecule has 0 aliphatic rings. The number of para-hydroxylation sites is 1. The molecule has 6 heteroatoms. The summed E-state index contributed by atoms with van der Waals surface area (Å²) in [6.45, 7) is 3.40. The third kappa shape index (κ3) is 5.92. The van der Waals surface area contributed by atoms with Crippen molar-refractivity contribution in [2.45, 2.75) is 30.4 Å². The zero-order chi connectivity index (χ0) is 19.1. The van der Waals surface area contributed by atoms with E-state index in [9.17, 15) is 14.8 Å². The van der Waals surface area contributed by atoms with Gasteiger partial charge in [0.1, 0.15) is 6.26 Å². The van der Waals surface area contributed by atoms with Crippen molar-refractivity contribution < 1.29 is 14.8 Å². The van der Waals surface area contributed by atoms with E-state index >= 15 is 0 Å². The van der Waals surface area contributed by atoms with Crippen LogP contribution in [0.15, 0.2) is 53.4 Å². The zero-order valence-electron chi connectivity index (χ0n) is 15.6. The number of benzene rings is 2. The van der Waals surface area contributed by atoms with E-state index in [1.54, 1.807) is 12.1 Å². The summed E-state index contributed by atoms with van der Waals surface area (Å²) >= 11 is -1.29. The van der Waals surface area contributed by atoms with Gasteiger partial charge in [0, 0.05) is 37.9 Å². The number of hydrogen-bond donors (Lipinski definition) is 3. The average molecular weight is 377 g/mol. The van der Waals surface area contributed by atoms with Crippen LogP contribution in [-0.2, 0) is 11.2 Å². The highest BCUT2D eigenvalue weighted by atomic mass is 32.2. The molecule has 0 aliphatic heterocycles. The second-order valence-electron chi connectivity index (χ2n) is 6.55. The molecular weight excluding hydrogens is 348 g/mol. The van der Waals surface area contributed by atoms with Crippen LogP contribution in [0.3, 0.4) is 0 Å². The first-order chi connectivity index (χ1) is 12.4. The summed E-state index contributed by atoms with van der Waals surface area (Å²) in [4.78, 5) is 2.55. The van der Waals surface area contributed by atoms with Crippen LogP contribution in [0, 0.1) is 0 Å². The molecule has 3 N–H and O–H groups in total. The fourth-order valence-electron chi connectivity index (χ4n) is 2.70. The summed E-state index contributed by atoms with van der Waals surface area (Å²) in [6, 6.07) is 15.2. The molecule has 0 amide bonds. The van der Waals surface area contributed by atoms with Gasteiger partial charge < -0.3 is 25.0 Å². The number of anilines is 1. The number of aromatic hydroxyl groups is 1. The Morgan fingerprint density at radius 3 is 2.54 bits per heavy atom. The summed E-state index contributed by atoms with van der Waals surface area (Å²) < 4.78 is 11.6. The lowest BCUT2D eigenvalue weighted by molar-refractivity contribution is 0.170. The first-order valence-electron chi connectivity index (χ1n) is 8.72. The molecule has 3 atom stereocenters. The molecule has 0 fully saturated rings. The third-order valence-corrected chi connectivity index (χ3v) is 5.38. The van der Waals surface area contributed by atoms with Gasteiger partial charge in [-0.3, -0.25) is 0 Å². The summed E-state index contributed by atoms with van der Waals surface area (Å²) in [5.74, 6) is -0.00735. The second kappa shape index (κ2) is 9.83. The number of rotatable bonds is 9. The fraction of sp³-hybridized carbons (Fsp3) is 0.400. The van der Waals surface area contributed by atoms with E-state index in [0.717, 1.165) is 13.0 Å². The minimum Gasteiger partial charge on any atom is -0.612 e. The number of nitrogens with one attached hydrogen (secondary N) is 1. The minimum absolute atomic E-state index is 0.00735. The summed E-state index contributed by atoms with van der Waals surface area (Å²) in [7, 11) is 2.07. The largest absolute Gasteiger partial charge is 0.612 e. The van der Waals surface area contributed by atoms with Gasteiger partial charge in [-0.05, 0) is 48.3 Å². The van der Waals surface area contributed by atoms with Gasteiger partial charge in [0.2, 0.25) is 0 Å². The fourth-order valence-corrected chi connectivity index (χ4v) is 3.36. The Bertz CT molecular complexity index is 682. The van der Waals surface area contributed by atoms with Crippen molar-refractivity contribution in [3.05, 3.63) is 54.1 Å². The van der Waals surface area contributed by atoms with Crippen molar-refractivity contribution in [2.75, 3.05) is 31.3 Å². The van der Waals surface area contributed by atoms with Crippen molar-refractivity contribution >= 4 is 16.9 Å². The summed E-state index contributed by atoms with van der Waals surface area (Å²) in [6.07, 6.45) is 1.74. The molecular formula is C20H28N2O3S. The Hall–Kier alpha value is -1.73. The Morgan fingerprint density at radius 2 is 1.88 bits per heavy atom. The smallest absolute Gasteiger partial charge is 0.194 e. The molecule has 142 valence electrons. The molecule has 2 aromatic carbocycles. The predicted octanol–water partition coefficient (Wildman–Crippen LogP) is 2.67. The highest BCUT2D eigenvalue weighted by molar-refractivity contribution is 7.90. The SMILES string of the molecule is CC(CCN(C)c1ccccc1)NCC(O)c1ccc(O)c([S+](C)[O-])c1. The lowest BCUT2D eigenvalue weighted by Crippen LogP contribution is -2.33. The zero-order valence-corrected chi connectivity index (χ0v) is 16.4. The number of aliphatic hydroxyl groups is 1. The van der Waals surface area contributed by atoms with Crippen molar-refractivity contribution in [3.63, 3.8) is 0 Å². The minimum atomic E-state index is -1.29. The van der Waals surface area contributed by atoms with Crippen LogP contribution in [0.4, 0.5) is 5.69 Å². The van der Waals surface area contributed by atoms with E-state index in [1.165, 1.54) is 18.0 Å². The molecule has 2 rings (SSSR count). The molecule has 0 heterocycles. The van der Waals surface area contributed by atoms with Crippen LogP contribution < -0.4 is 10.2 Å². The second-order valence-corrected chi connectivity index (χ2v) is 7.90. The van der Waals surface area contributed by atoms with Crippen molar-refractivity contribution in [3.8, 4) is 5.75 Å². The molecule has 26 heavy (non-hydrogen) atoms. The van der Waals surface area contributed by atoms with E-state index in [-0.39, 0.29) is 11.8 Å². The van der Waals surface area contributed by atoms with Gasteiger partial charge in [0.15, 0.2) is 10.6 Å². The van der Waals surface area contributed by atoms with E-state index in [1.807, 2.05) is 18.2 Å². The van der Waals surface area contributed by atoms with Crippen molar-refractivity contribution in [1.29, 1.82) is 0 Å². The first kappa shape index (κ1) is 20.6. The Balaban J connectivity index is 1.81. The summed E-state index contributed by atoms with van der Waals surface area (Å²) in [5.41, 5.74) is 1.83. The first-order valence-corrected chi connectivity index (χ1v) is 10.3. The Labute approximate surface area is 158 Å². The molecule has 0 aliphatic carbocycles. The number of nitrogens with zero attached hydrogens (tertiary/aromatic N) is 1. The third-order valence-electron chi connectivity index (χ3n) is 4.43. The molecule has 5 nitrogen and oxygen atoms in total. The predicted molar refractivity (Wildman–Crippen MR) is 107 cm³/mol. The van der Waals surface area contributed by atoms with Gasteiger partial charge in [-0.15, -0.1) is 0 Å². The molecule has 0 spiro atoms. The van der Waals surface area contributed by atoms with Crippen LogP contribution in [0.1, 0.15) is 25.0 Å². The van der Waals surface area contributed by atoms with E-state index in [2.05, 4.69) is 36.3 Å². The van der Waals surface area contributed by atoms with Gasteiger partial charge in [-0.1, -0.05) is 24.3 Å². The molecule has 0 saturated carbocycles. The highest BCUT2D eigenvalue weighted by Crippen LogP contribution is 2.26. The normalized spacial score (nSPS) is 14.7. The molecule has 0 saturated heterocycles. The maximum absolute atomic E-state index is 11.6. The van der Waals surface area contributed by atoms with Crippen LogP contribution in [0.25, 0.3) is 0 Å². The average Bonchev–Trinajstić information content (AvgIpc) is 2.64. The van der Waals surface area contributed by atoms with Crippen LogP contribution in [0.2, 0.25) is 0 Å².